The molecule has 1 unspecified atom stereocenters. The van der Waals surface area contributed by atoms with Crippen molar-refractivity contribution in [1.29, 1.82) is 5.26 Å². The summed E-state index contributed by atoms with van der Waals surface area (Å²) in [5.41, 5.74) is 0.565. The quantitative estimate of drug-likeness (QED) is 0.819. The van der Waals surface area contributed by atoms with E-state index in [1.807, 2.05) is 31.2 Å². The number of hydrogen-bond donors (Lipinski definition) is 1. The van der Waals surface area contributed by atoms with Crippen molar-refractivity contribution in [3.63, 3.8) is 0 Å². The van der Waals surface area contributed by atoms with E-state index in [4.69, 9.17) is 10.4 Å². The van der Waals surface area contributed by atoms with Gasteiger partial charge in [-0.15, -0.1) is 0 Å². The van der Waals surface area contributed by atoms with E-state index in [-0.39, 0.29) is 6.42 Å². The average molecular weight is 203 g/mol. The molecule has 0 bridgehead atoms. The van der Waals surface area contributed by atoms with Gasteiger partial charge in [0.2, 0.25) is 0 Å². The zero-order chi connectivity index (χ0) is 11.5. The van der Waals surface area contributed by atoms with Crippen molar-refractivity contribution < 1.29 is 9.90 Å². The summed E-state index contributed by atoms with van der Waals surface area (Å²) in [6.45, 7) is 3.48. The average Bonchev–Trinajstić information content (AvgIpc) is 2.17. The lowest BCUT2D eigenvalue weighted by Gasteiger charge is -2.22. The Kier molecular flexibility index (Phi) is 3.11. The SMILES string of the molecule is Cc1cccc(C(C)(CC#N)C(=O)O)c1. The van der Waals surface area contributed by atoms with Gasteiger partial charge in [0, 0.05) is 0 Å². The van der Waals surface area contributed by atoms with Crippen LogP contribution in [0.4, 0.5) is 0 Å². The Morgan fingerprint density at radius 2 is 2.27 bits per heavy atom. The standard InChI is InChI=1S/C12H13NO2/c1-9-4-3-5-10(8-9)12(2,6-7-13)11(14)15/h3-5,8H,6H2,1-2H3,(H,14,15). The van der Waals surface area contributed by atoms with Crippen molar-refractivity contribution in [1.82, 2.24) is 0 Å². The van der Waals surface area contributed by atoms with Crippen LogP contribution in [-0.2, 0) is 10.2 Å². The second-order valence-corrected chi connectivity index (χ2v) is 3.84. The number of aliphatic carboxylic acids is 1. The largest absolute Gasteiger partial charge is 0.481 e. The number of nitriles is 1. The summed E-state index contributed by atoms with van der Waals surface area (Å²) in [6, 6.07) is 9.20. The van der Waals surface area contributed by atoms with Crippen LogP contribution in [0.25, 0.3) is 0 Å². The van der Waals surface area contributed by atoms with Gasteiger partial charge in [0.1, 0.15) is 5.41 Å². The fourth-order valence-corrected chi connectivity index (χ4v) is 1.45. The van der Waals surface area contributed by atoms with Gasteiger partial charge in [-0.05, 0) is 19.4 Å². The first-order chi connectivity index (χ1) is 7.00. The van der Waals surface area contributed by atoms with E-state index in [1.54, 1.807) is 13.0 Å². The number of benzene rings is 1. The lowest BCUT2D eigenvalue weighted by Crippen LogP contribution is -2.31. The van der Waals surface area contributed by atoms with Crippen molar-refractivity contribution in [2.75, 3.05) is 0 Å². The number of nitrogens with zero attached hydrogens (tertiary/aromatic N) is 1. The molecule has 0 radical (unpaired) electrons. The number of hydrogen-bond acceptors (Lipinski definition) is 2. The van der Waals surface area contributed by atoms with E-state index in [1.165, 1.54) is 0 Å². The maximum atomic E-state index is 11.2. The van der Waals surface area contributed by atoms with Crippen LogP contribution in [-0.4, -0.2) is 11.1 Å². The Morgan fingerprint density at radius 1 is 1.60 bits per heavy atom. The van der Waals surface area contributed by atoms with Crippen LogP contribution in [0.3, 0.4) is 0 Å². The Bertz CT molecular complexity index is 420. The van der Waals surface area contributed by atoms with Gasteiger partial charge in [0.15, 0.2) is 0 Å². The topological polar surface area (TPSA) is 61.1 Å². The summed E-state index contributed by atoms with van der Waals surface area (Å²) in [7, 11) is 0. The minimum Gasteiger partial charge on any atom is -0.481 e. The van der Waals surface area contributed by atoms with E-state index in [0.29, 0.717) is 5.56 Å². The third-order valence-corrected chi connectivity index (χ3v) is 2.56. The van der Waals surface area contributed by atoms with Crippen molar-refractivity contribution in [2.24, 2.45) is 0 Å². The first-order valence-electron chi connectivity index (χ1n) is 4.68. The van der Waals surface area contributed by atoms with Crippen LogP contribution in [0.2, 0.25) is 0 Å². The van der Waals surface area contributed by atoms with Crippen LogP contribution >= 0.6 is 0 Å². The molecule has 1 aromatic rings. The Morgan fingerprint density at radius 3 is 2.73 bits per heavy atom. The van der Waals surface area contributed by atoms with E-state index in [9.17, 15) is 4.79 Å². The highest BCUT2D eigenvalue weighted by Crippen LogP contribution is 2.28. The maximum absolute atomic E-state index is 11.2. The van der Waals surface area contributed by atoms with Gasteiger partial charge in [-0.3, -0.25) is 4.79 Å². The van der Waals surface area contributed by atoms with E-state index in [2.05, 4.69) is 0 Å². The third kappa shape index (κ3) is 2.16. The van der Waals surface area contributed by atoms with Gasteiger partial charge in [0.05, 0.1) is 12.5 Å². The molecule has 0 saturated heterocycles. The number of carbonyl (C=O) groups is 1. The van der Waals surface area contributed by atoms with Gasteiger partial charge < -0.3 is 5.11 Å². The van der Waals surface area contributed by atoms with Gasteiger partial charge in [-0.25, -0.2) is 0 Å². The molecule has 0 spiro atoms. The Balaban J connectivity index is 3.22. The van der Waals surface area contributed by atoms with Crippen LogP contribution in [0.1, 0.15) is 24.5 Å². The first kappa shape index (κ1) is 11.3. The molecule has 0 heterocycles. The molecule has 0 saturated carbocycles. The highest BCUT2D eigenvalue weighted by atomic mass is 16.4. The second-order valence-electron chi connectivity index (χ2n) is 3.84. The van der Waals surface area contributed by atoms with E-state index in [0.717, 1.165) is 5.56 Å². The van der Waals surface area contributed by atoms with E-state index >= 15 is 0 Å². The smallest absolute Gasteiger partial charge is 0.314 e. The number of rotatable bonds is 3. The number of carboxylic acid groups (broad SMARTS) is 1. The van der Waals surface area contributed by atoms with Crippen molar-refractivity contribution in [2.45, 2.75) is 25.7 Å². The fraction of sp³-hybridized carbons (Fsp3) is 0.333. The zero-order valence-electron chi connectivity index (χ0n) is 8.82. The highest BCUT2D eigenvalue weighted by molar-refractivity contribution is 5.81. The van der Waals surface area contributed by atoms with Crippen molar-refractivity contribution in [3.8, 4) is 6.07 Å². The molecule has 3 heteroatoms. The Hall–Kier alpha value is -1.82. The van der Waals surface area contributed by atoms with Gasteiger partial charge in [0.25, 0.3) is 0 Å². The molecule has 0 amide bonds. The lowest BCUT2D eigenvalue weighted by molar-refractivity contribution is -0.143. The lowest BCUT2D eigenvalue weighted by atomic mass is 9.79. The second kappa shape index (κ2) is 4.14. The molecular weight excluding hydrogens is 190 g/mol. The molecule has 0 aromatic heterocycles. The summed E-state index contributed by atoms with van der Waals surface area (Å²) in [5.74, 6) is -0.963. The molecule has 78 valence electrons. The normalized spacial score (nSPS) is 13.9. The molecule has 0 aliphatic carbocycles. The predicted molar refractivity (Wildman–Crippen MR) is 56.4 cm³/mol. The summed E-state index contributed by atoms with van der Waals surface area (Å²) in [5, 5.41) is 17.8. The summed E-state index contributed by atoms with van der Waals surface area (Å²) in [4.78, 5) is 11.2. The van der Waals surface area contributed by atoms with Gasteiger partial charge in [-0.1, -0.05) is 29.8 Å². The van der Waals surface area contributed by atoms with Crippen LogP contribution in [0.15, 0.2) is 24.3 Å². The molecule has 15 heavy (non-hydrogen) atoms. The number of aryl methyl sites for hydroxylation is 1. The molecule has 1 atom stereocenters. The summed E-state index contributed by atoms with van der Waals surface area (Å²) < 4.78 is 0. The van der Waals surface area contributed by atoms with E-state index < -0.39 is 11.4 Å². The summed E-state index contributed by atoms with van der Waals surface area (Å²) in [6.07, 6.45) is -0.0220. The maximum Gasteiger partial charge on any atom is 0.314 e. The monoisotopic (exact) mass is 203 g/mol. The molecule has 0 aliphatic rings. The van der Waals surface area contributed by atoms with Crippen LogP contribution in [0.5, 0.6) is 0 Å². The van der Waals surface area contributed by atoms with Gasteiger partial charge in [-0.2, -0.15) is 5.26 Å². The van der Waals surface area contributed by atoms with Crippen molar-refractivity contribution >= 4 is 5.97 Å². The fourth-order valence-electron chi connectivity index (χ4n) is 1.45. The highest BCUT2D eigenvalue weighted by Gasteiger charge is 2.34. The minimum absolute atomic E-state index is 0.0220. The molecule has 0 fully saturated rings. The summed E-state index contributed by atoms with van der Waals surface area (Å²) >= 11 is 0. The van der Waals surface area contributed by atoms with Crippen LogP contribution < -0.4 is 0 Å². The zero-order valence-corrected chi connectivity index (χ0v) is 8.82. The van der Waals surface area contributed by atoms with Crippen molar-refractivity contribution in [3.05, 3.63) is 35.4 Å². The molecule has 3 nitrogen and oxygen atoms in total. The Labute approximate surface area is 89.0 Å². The molecular formula is C12H13NO2. The molecule has 0 aliphatic heterocycles. The first-order valence-corrected chi connectivity index (χ1v) is 4.68. The molecule has 1 N–H and O–H groups in total. The predicted octanol–water partition coefficient (Wildman–Crippen LogP) is 2.25. The molecule has 1 rings (SSSR count). The molecule has 1 aromatic carbocycles. The van der Waals surface area contributed by atoms with Crippen LogP contribution in [0, 0.1) is 18.3 Å². The minimum atomic E-state index is -1.11. The third-order valence-electron chi connectivity index (χ3n) is 2.56. The number of carboxylic acids is 1. The van der Waals surface area contributed by atoms with Gasteiger partial charge >= 0.3 is 5.97 Å².